The fraction of sp³-hybridized carbons (Fsp3) is 0.600. The van der Waals surface area contributed by atoms with Crippen LogP contribution in [0.1, 0.15) is 46.0 Å². The van der Waals surface area contributed by atoms with Gasteiger partial charge in [-0.25, -0.2) is 0 Å². The molecule has 0 aromatic heterocycles. The van der Waals surface area contributed by atoms with Gasteiger partial charge in [0, 0.05) is 0 Å². The van der Waals surface area contributed by atoms with Crippen molar-refractivity contribution < 1.29 is 4.74 Å². The second-order valence-electron chi connectivity index (χ2n) is 4.15. The topological polar surface area (TPSA) is 9.23 Å². The Morgan fingerprint density at radius 1 is 1.25 bits per heavy atom. The molecule has 0 spiro atoms. The van der Waals surface area contributed by atoms with Crippen LogP contribution < -0.4 is 0 Å². The molecule has 0 fully saturated rings. The molecule has 0 unspecified atom stereocenters. The van der Waals surface area contributed by atoms with Crippen molar-refractivity contribution in [1.82, 2.24) is 0 Å². The van der Waals surface area contributed by atoms with Gasteiger partial charge in [0.2, 0.25) is 0 Å². The molecule has 0 aromatic carbocycles. The Kier molecular flexibility index (Phi) is 10.1. The molecule has 0 amide bonds. The van der Waals surface area contributed by atoms with E-state index in [-0.39, 0.29) is 0 Å². The minimum absolute atomic E-state index is 0.338. The van der Waals surface area contributed by atoms with Gasteiger partial charge in [-0.05, 0) is 18.9 Å². The van der Waals surface area contributed by atoms with Crippen LogP contribution in [-0.2, 0) is 4.74 Å². The van der Waals surface area contributed by atoms with Gasteiger partial charge < -0.3 is 4.74 Å². The fourth-order valence-electron chi connectivity index (χ4n) is 1.51. The summed E-state index contributed by atoms with van der Waals surface area (Å²) < 4.78 is 5.74. The van der Waals surface area contributed by atoms with E-state index in [0.717, 1.165) is 12.0 Å². The molecule has 16 heavy (non-hydrogen) atoms. The molecule has 0 aliphatic heterocycles. The number of hydrogen-bond acceptors (Lipinski definition) is 1. The summed E-state index contributed by atoms with van der Waals surface area (Å²) in [7, 11) is 0. The maximum Gasteiger partial charge on any atom is 0.0720 e. The molecular formula is C15H26O. The van der Waals surface area contributed by atoms with Crippen molar-refractivity contribution in [2.75, 3.05) is 6.61 Å². The first-order valence-corrected chi connectivity index (χ1v) is 6.30. The molecule has 1 heteroatoms. The summed E-state index contributed by atoms with van der Waals surface area (Å²) in [6.45, 7) is 12.4. The molecule has 0 N–H and O–H groups in total. The van der Waals surface area contributed by atoms with E-state index in [1.54, 1.807) is 6.08 Å². The van der Waals surface area contributed by atoms with Crippen LogP contribution in [0, 0.1) is 0 Å². The zero-order valence-corrected chi connectivity index (χ0v) is 10.9. The summed E-state index contributed by atoms with van der Waals surface area (Å²) in [6, 6.07) is 0. The molecular weight excluding hydrogens is 196 g/mol. The van der Waals surface area contributed by atoms with Crippen molar-refractivity contribution in [2.24, 2.45) is 0 Å². The summed E-state index contributed by atoms with van der Waals surface area (Å²) in [5.74, 6) is 0. The van der Waals surface area contributed by atoms with E-state index in [1.807, 2.05) is 12.2 Å². The Hall–Kier alpha value is -0.820. The quantitative estimate of drug-likeness (QED) is 0.386. The first kappa shape index (κ1) is 15.2. The molecule has 0 aliphatic rings. The molecule has 0 radical (unpaired) electrons. The Morgan fingerprint density at radius 3 is 2.56 bits per heavy atom. The maximum atomic E-state index is 5.74. The zero-order valence-electron chi connectivity index (χ0n) is 10.9. The number of allylic oxidation sites excluding steroid dienone is 2. The van der Waals surface area contributed by atoms with E-state index in [1.165, 1.54) is 25.7 Å². The molecule has 0 aromatic rings. The Morgan fingerprint density at radius 2 is 2.00 bits per heavy atom. The molecule has 0 bridgehead atoms. The lowest BCUT2D eigenvalue weighted by Gasteiger charge is -2.13. The van der Waals surface area contributed by atoms with Crippen LogP contribution >= 0.6 is 0 Å². The van der Waals surface area contributed by atoms with Gasteiger partial charge in [0.1, 0.15) is 0 Å². The van der Waals surface area contributed by atoms with Crippen molar-refractivity contribution in [3.8, 4) is 0 Å². The summed E-state index contributed by atoms with van der Waals surface area (Å²) in [4.78, 5) is 0. The highest BCUT2D eigenvalue weighted by Crippen LogP contribution is 2.09. The minimum atomic E-state index is 0.338. The highest BCUT2D eigenvalue weighted by Gasteiger charge is 2.02. The highest BCUT2D eigenvalue weighted by atomic mass is 16.5. The van der Waals surface area contributed by atoms with E-state index in [0.29, 0.717) is 12.7 Å². The standard InChI is InChI=1S/C15H26O/c1-5-8-9-10-12-14(4)16-13-15(7-3)11-6-2/h6-7,11,14H,2-3,5,8-10,12-13H2,1,4H3/b15-11+/t14-/m1/s1. The fourth-order valence-corrected chi connectivity index (χ4v) is 1.51. The third kappa shape index (κ3) is 8.49. The Bertz CT molecular complexity index is 215. The third-order valence-corrected chi connectivity index (χ3v) is 2.59. The maximum absolute atomic E-state index is 5.74. The van der Waals surface area contributed by atoms with Crippen LogP contribution in [-0.4, -0.2) is 12.7 Å². The van der Waals surface area contributed by atoms with Gasteiger partial charge in [-0.3, -0.25) is 0 Å². The number of hydrogen-bond donors (Lipinski definition) is 0. The summed E-state index contributed by atoms with van der Waals surface area (Å²) in [6.07, 6.45) is 12.2. The summed E-state index contributed by atoms with van der Waals surface area (Å²) >= 11 is 0. The first-order chi connectivity index (χ1) is 7.74. The predicted octanol–water partition coefficient (Wildman–Crippen LogP) is 4.66. The molecule has 1 atom stereocenters. The largest absolute Gasteiger partial charge is 0.374 e. The molecule has 0 aliphatic carbocycles. The number of unbranched alkanes of at least 4 members (excludes halogenated alkanes) is 3. The monoisotopic (exact) mass is 222 g/mol. The van der Waals surface area contributed by atoms with Gasteiger partial charge in [0.25, 0.3) is 0 Å². The molecule has 0 saturated heterocycles. The summed E-state index contributed by atoms with van der Waals surface area (Å²) in [5, 5.41) is 0. The molecule has 0 saturated carbocycles. The molecule has 1 nitrogen and oxygen atoms in total. The van der Waals surface area contributed by atoms with Crippen molar-refractivity contribution in [2.45, 2.75) is 52.1 Å². The van der Waals surface area contributed by atoms with Gasteiger partial charge in [0.15, 0.2) is 0 Å². The van der Waals surface area contributed by atoms with E-state index in [9.17, 15) is 0 Å². The van der Waals surface area contributed by atoms with Crippen LogP contribution in [0.25, 0.3) is 0 Å². The van der Waals surface area contributed by atoms with Gasteiger partial charge in [-0.1, -0.05) is 64.0 Å². The second-order valence-corrected chi connectivity index (χ2v) is 4.15. The first-order valence-electron chi connectivity index (χ1n) is 6.30. The predicted molar refractivity (Wildman–Crippen MR) is 72.7 cm³/mol. The lowest BCUT2D eigenvalue weighted by atomic mass is 10.1. The Labute approximate surface area is 101 Å². The smallest absolute Gasteiger partial charge is 0.0720 e. The van der Waals surface area contributed by atoms with E-state index in [2.05, 4.69) is 27.0 Å². The van der Waals surface area contributed by atoms with Crippen molar-refractivity contribution in [3.63, 3.8) is 0 Å². The third-order valence-electron chi connectivity index (χ3n) is 2.59. The van der Waals surface area contributed by atoms with Crippen molar-refractivity contribution in [3.05, 3.63) is 37.0 Å². The van der Waals surface area contributed by atoms with Crippen LogP contribution in [0.2, 0.25) is 0 Å². The van der Waals surface area contributed by atoms with Crippen LogP contribution in [0.5, 0.6) is 0 Å². The average molecular weight is 222 g/mol. The molecule has 0 heterocycles. The van der Waals surface area contributed by atoms with Crippen molar-refractivity contribution >= 4 is 0 Å². The van der Waals surface area contributed by atoms with E-state index in [4.69, 9.17) is 4.74 Å². The van der Waals surface area contributed by atoms with Crippen molar-refractivity contribution in [1.29, 1.82) is 0 Å². The highest BCUT2D eigenvalue weighted by molar-refractivity contribution is 5.21. The Balaban J connectivity index is 3.63. The summed E-state index contributed by atoms with van der Waals surface area (Å²) in [5.41, 5.74) is 1.09. The lowest BCUT2D eigenvalue weighted by molar-refractivity contribution is 0.0765. The van der Waals surface area contributed by atoms with Gasteiger partial charge in [-0.15, -0.1) is 0 Å². The average Bonchev–Trinajstić information content (AvgIpc) is 2.30. The van der Waals surface area contributed by atoms with Gasteiger partial charge in [0.05, 0.1) is 12.7 Å². The zero-order chi connectivity index (χ0) is 12.2. The second kappa shape index (κ2) is 10.7. The number of ether oxygens (including phenoxy) is 1. The molecule has 92 valence electrons. The SMILES string of the molecule is C=C/C=C(\C=C)CO[C@H](C)CCCCCC. The lowest BCUT2D eigenvalue weighted by Crippen LogP contribution is -2.10. The normalized spacial score (nSPS) is 13.5. The van der Waals surface area contributed by atoms with Crippen LogP contribution in [0.4, 0.5) is 0 Å². The van der Waals surface area contributed by atoms with Gasteiger partial charge >= 0.3 is 0 Å². The molecule has 0 rings (SSSR count). The van der Waals surface area contributed by atoms with E-state index >= 15 is 0 Å². The number of rotatable bonds is 10. The van der Waals surface area contributed by atoms with Gasteiger partial charge in [-0.2, -0.15) is 0 Å². The minimum Gasteiger partial charge on any atom is -0.374 e. The van der Waals surface area contributed by atoms with E-state index < -0.39 is 0 Å². The van der Waals surface area contributed by atoms with Crippen LogP contribution in [0.15, 0.2) is 37.0 Å². The van der Waals surface area contributed by atoms with Crippen LogP contribution in [0.3, 0.4) is 0 Å².